The minimum Gasteiger partial charge on any atom is -0.336 e. The normalized spacial score (nSPS) is 11.4. The first-order valence-electron chi connectivity index (χ1n) is 9.63. The van der Waals surface area contributed by atoms with Gasteiger partial charge in [0, 0.05) is 29.7 Å². The van der Waals surface area contributed by atoms with Crippen molar-refractivity contribution in [1.29, 1.82) is 0 Å². The zero-order chi connectivity index (χ0) is 20.8. The summed E-state index contributed by atoms with van der Waals surface area (Å²) in [4.78, 5) is 21.3. The molecule has 0 radical (unpaired) electrons. The summed E-state index contributed by atoms with van der Waals surface area (Å²) in [5.41, 5.74) is 6.58. The predicted molar refractivity (Wildman–Crippen MR) is 115 cm³/mol. The molecule has 0 aliphatic rings. The maximum atomic E-state index is 13.8. The molecule has 5 aromatic heterocycles. The third-order valence-corrected chi connectivity index (χ3v) is 5.11. The molecule has 0 atom stereocenters. The van der Waals surface area contributed by atoms with E-state index in [0.717, 1.165) is 22.3 Å². The van der Waals surface area contributed by atoms with Crippen LogP contribution in [0, 0.1) is 5.82 Å². The molecule has 0 bridgehead atoms. The summed E-state index contributed by atoms with van der Waals surface area (Å²) in [7, 11) is 0. The monoisotopic (exact) mass is 407 g/mol. The molecule has 0 aliphatic carbocycles. The van der Waals surface area contributed by atoms with Crippen molar-refractivity contribution in [3.63, 3.8) is 0 Å². The van der Waals surface area contributed by atoms with Gasteiger partial charge in [0.2, 0.25) is 0 Å². The van der Waals surface area contributed by atoms with Crippen LogP contribution in [0.4, 0.5) is 4.39 Å². The Morgan fingerprint density at radius 3 is 2.48 bits per heavy atom. The smallest absolute Gasteiger partial charge is 0.161 e. The number of benzene rings is 1. The summed E-state index contributed by atoms with van der Waals surface area (Å²) in [5.74, 6) is 0.240. The average molecular weight is 407 g/mol. The van der Waals surface area contributed by atoms with Gasteiger partial charge in [-0.2, -0.15) is 5.10 Å². The van der Waals surface area contributed by atoms with E-state index < -0.39 is 0 Å². The van der Waals surface area contributed by atoms with Crippen LogP contribution in [0.3, 0.4) is 0 Å². The number of hydrogen-bond donors (Lipinski definition) is 2. The first-order chi connectivity index (χ1) is 15.3. The molecule has 6 rings (SSSR count). The van der Waals surface area contributed by atoms with Crippen LogP contribution in [-0.4, -0.2) is 35.1 Å². The van der Waals surface area contributed by atoms with Gasteiger partial charge in [0.1, 0.15) is 16.9 Å². The van der Waals surface area contributed by atoms with Gasteiger partial charge in [0.15, 0.2) is 11.5 Å². The van der Waals surface area contributed by atoms with Crippen LogP contribution in [0.15, 0.2) is 73.2 Å². The molecule has 7 nitrogen and oxygen atoms in total. The van der Waals surface area contributed by atoms with E-state index in [-0.39, 0.29) is 5.82 Å². The van der Waals surface area contributed by atoms with Gasteiger partial charge in [-0.15, -0.1) is 0 Å². The zero-order valence-corrected chi connectivity index (χ0v) is 16.0. The summed E-state index contributed by atoms with van der Waals surface area (Å²) in [6.45, 7) is 0. The van der Waals surface area contributed by atoms with E-state index in [2.05, 4.69) is 25.1 Å². The Labute approximate surface area is 175 Å². The molecule has 2 N–H and O–H groups in total. The lowest BCUT2D eigenvalue weighted by molar-refractivity contribution is 0.628. The number of aromatic amines is 2. The Morgan fingerprint density at radius 1 is 0.742 bits per heavy atom. The maximum Gasteiger partial charge on any atom is 0.161 e. The molecule has 31 heavy (non-hydrogen) atoms. The zero-order valence-electron chi connectivity index (χ0n) is 16.0. The van der Waals surface area contributed by atoms with Gasteiger partial charge in [-0.1, -0.05) is 12.1 Å². The first-order valence-corrected chi connectivity index (χ1v) is 9.63. The molecule has 0 aliphatic heterocycles. The van der Waals surface area contributed by atoms with Crippen molar-refractivity contribution in [2.75, 3.05) is 0 Å². The van der Waals surface area contributed by atoms with Crippen LogP contribution in [0.5, 0.6) is 0 Å². The molecule has 6 aromatic rings. The van der Waals surface area contributed by atoms with E-state index in [9.17, 15) is 4.39 Å². The quantitative estimate of drug-likeness (QED) is 0.441. The molecule has 8 heteroatoms. The first kappa shape index (κ1) is 17.4. The topological polar surface area (TPSA) is 96.0 Å². The fourth-order valence-corrected chi connectivity index (χ4v) is 3.64. The van der Waals surface area contributed by atoms with Gasteiger partial charge in [0.05, 0.1) is 22.4 Å². The highest BCUT2D eigenvalue weighted by molar-refractivity contribution is 5.95. The molecule has 0 spiro atoms. The molecule has 148 valence electrons. The number of hydrogen-bond acceptors (Lipinski definition) is 5. The Bertz CT molecular complexity index is 1550. The third kappa shape index (κ3) is 2.93. The summed E-state index contributed by atoms with van der Waals surface area (Å²) in [5, 5.41) is 7.45. The summed E-state index contributed by atoms with van der Waals surface area (Å²) in [6.07, 6.45) is 5.14. The molecule has 0 fully saturated rings. The minimum atomic E-state index is -0.321. The van der Waals surface area contributed by atoms with Gasteiger partial charge in [-0.3, -0.25) is 15.1 Å². The highest BCUT2D eigenvalue weighted by Crippen LogP contribution is 2.30. The van der Waals surface area contributed by atoms with E-state index in [0.29, 0.717) is 33.8 Å². The number of pyridine rings is 3. The lowest BCUT2D eigenvalue weighted by Crippen LogP contribution is -1.87. The fourth-order valence-electron chi connectivity index (χ4n) is 3.64. The number of aromatic nitrogens is 7. The number of rotatable bonds is 3. The molecule has 0 saturated carbocycles. The van der Waals surface area contributed by atoms with E-state index >= 15 is 0 Å². The third-order valence-electron chi connectivity index (χ3n) is 5.11. The molecule has 0 amide bonds. The molecule has 1 aromatic carbocycles. The minimum absolute atomic E-state index is 0.321. The Balaban J connectivity index is 1.52. The summed E-state index contributed by atoms with van der Waals surface area (Å²) in [6, 6.07) is 15.8. The molecule has 0 unspecified atom stereocenters. The highest BCUT2D eigenvalue weighted by atomic mass is 19.1. The molecule has 5 heterocycles. The van der Waals surface area contributed by atoms with Crippen molar-refractivity contribution in [3.8, 4) is 34.0 Å². The van der Waals surface area contributed by atoms with E-state index in [4.69, 9.17) is 9.97 Å². The largest absolute Gasteiger partial charge is 0.336 e. The van der Waals surface area contributed by atoms with Crippen molar-refractivity contribution in [3.05, 3.63) is 79.0 Å². The Kier molecular flexibility index (Phi) is 3.82. The molecule has 0 saturated heterocycles. The number of imidazole rings is 1. The van der Waals surface area contributed by atoms with Crippen molar-refractivity contribution in [1.82, 2.24) is 35.1 Å². The second kappa shape index (κ2) is 6.81. The Hall–Kier alpha value is -4.46. The number of fused-ring (bicyclic) bond motifs is 2. The van der Waals surface area contributed by atoms with Crippen LogP contribution in [0.25, 0.3) is 56.1 Å². The van der Waals surface area contributed by atoms with E-state index in [1.54, 1.807) is 24.7 Å². The summed E-state index contributed by atoms with van der Waals surface area (Å²) >= 11 is 0. The fraction of sp³-hybridized carbons (Fsp3) is 0. The van der Waals surface area contributed by atoms with Gasteiger partial charge in [-0.05, 0) is 42.5 Å². The van der Waals surface area contributed by atoms with Crippen molar-refractivity contribution < 1.29 is 4.39 Å². The van der Waals surface area contributed by atoms with Crippen LogP contribution in [-0.2, 0) is 0 Å². The number of nitrogens with zero attached hydrogens (tertiary/aromatic N) is 5. The Morgan fingerprint density at radius 2 is 1.61 bits per heavy atom. The van der Waals surface area contributed by atoms with Crippen molar-refractivity contribution in [2.24, 2.45) is 0 Å². The highest BCUT2D eigenvalue weighted by Gasteiger charge is 2.17. The number of H-pyrrole nitrogens is 2. The van der Waals surface area contributed by atoms with E-state index in [1.807, 2.05) is 36.4 Å². The lowest BCUT2D eigenvalue weighted by Gasteiger charge is -2.01. The maximum absolute atomic E-state index is 13.8. The molecular weight excluding hydrogens is 393 g/mol. The van der Waals surface area contributed by atoms with Crippen LogP contribution in [0.2, 0.25) is 0 Å². The van der Waals surface area contributed by atoms with E-state index in [1.165, 1.54) is 12.1 Å². The van der Waals surface area contributed by atoms with Crippen LogP contribution < -0.4 is 0 Å². The van der Waals surface area contributed by atoms with Crippen molar-refractivity contribution in [2.45, 2.75) is 0 Å². The van der Waals surface area contributed by atoms with Crippen LogP contribution in [0.1, 0.15) is 0 Å². The van der Waals surface area contributed by atoms with Gasteiger partial charge >= 0.3 is 0 Å². The second-order valence-corrected chi connectivity index (χ2v) is 7.05. The number of halogens is 1. The number of nitrogens with one attached hydrogen (secondary N) is 2. The van der Waals surface area contributed by atoms with Crippen molar-refractivity contribution >= 4 is 22.1 Å². The standard InChI is InChI=1S/C23H14FN7/c24-15-3-1-2-14(12-15)19-20-17(8-11-26-19)28-23(29-20)22-21-18(30-31-22)5-4-16(27-21)13-6-9-25-10-7-13/h1-12H,(H,28,29)(H,30,31). The average Bonchev–Trinajstić information content (AvgIpc) is 3.43. The van der Waals surface area contributed by atoms with Gasteiger partial charge in [-0.25, -0.2) is 14.4 Å². The predicted octanol–water partition coefficient (Wildman–Crippen LogP) is 4.76. The lowest BCUT2D eigenvalue weighted by atomic mass is 10.1. The second-order valence-electron chi connectivity index (χ2n) is 7.05. The van der Waals surface area contributed by atoms with Gasteiger partial charge in [0.25, 0.3) is 0 Å². The summed E-state index contributed by atoms with van der Waals surface area (Å²) < 4.78 is 13.8. The van der Waals surface area contributed by atoms with Crippen LogP contribution >= 0.6 is 0 Å². The van der Waals surface area contributed by atoms with Gasteiger partial charge < -0.3 is 4.98 Å². The molecular formula is C23H14FN7. The SMILES string of the molecule is Fc1cccc(-c2nccc3[nH]c(-c4n[nH]c5ccc(-c6ccncc6)nc45)nc23)c1.